The summed E-state index contributed by atoms with van der Waals surface area (Å²) in [6.45, 7) is 2.07. The van der Waals surface area contributed by atoms with E-state index in [1.807, 2.05) is 0 Å². The number of nitrogens with one attached hydrogen (secondary N) is 1. The molecular weight excluding hydrogens is 246 g/mol. The molecule has 1 unspecified atom stereocenters. The molecule has 0 amide bonds. The molecule has 0 saturated carbocycles. The molecule has 1 saturated heterocycles. The van der Waals surface area contributed by atoms with Crippen molar-refractivity contribution in [3.8, 4) is 11.6 Å². The largest absolute Gasteiger partial charge is 0.461 e. The van der Waals surface area contributed by atoms with Gasteiger partial charge in [-0.3, -0.25) is 0 Å². The van der Waals surface area contributed by atoms with E-state index in [0.29, 0.717) is 24.1 Å². The smallest absolute Gasteiger partial charge is 0.246 e. The number of ether oxygens (including phenoxy) is 1. The van der Waals surface area contributed by atoms with E-state index in [0.717, 1.165) is 13.2 Å². The van der Waals surface area contributed by atoms with Gasteiger partial charge in [0.1, 0.15) is 6.04 Å². The zero-order valence-corrected chi connectivity index (χ0v) is 9.77. The van der Waals surface area contributed by atoms with Crippen molar-refractivity contribution >= 4 is 12.4 Å². The first-order valence-corrected chi connectivity index (χ1v) is 5.12. The first kappa shape index (κ1) is 12.1. The van der Waals surface area contributed by atoms with Gasteiger partial charge in [-0.2, -0.15) is 4.98 Å². The lowest BCUT2D eigenvalue weighted by atomic mass is 10.3. The number of hydrogen-bond acceptors (Lipinski definition) is 6. The predicted molar refractivity (Wildman–Crippen MR) is 60.8 cm³/mol. The first-order chi connectivity index (χ1) is 7.93. The van der Waals surface area contributed by atoms with Gasteiger partial charge in [0.05, 0.1) is 19.5 Å². The van der Waals surface area contributed by atoms with E-state index in [4.69, 9.17) is 13.7 Å². The quantitative estimate of drug-likeness (QED) is 0.877. The fourth-order valence-corrected chi connectivity index (χ4v) is 1.61. The Morgan fingerprint density at radius 1 is 1.41 bits per heavy atom. The van der Waals surface area contributed by atoms with Crippen molar-refractivity contribution in [1.82, 2.24) is 15.5 Å². The molecule has 2 aromatic rings. The van der Waals surface area contributed by atoms with Crippen LogP contribution in [-0.2, 0) is 4.74 Å². The average molecular weight is 258 g/mol. The van der Waals surface area contributed by atoms with E-state index in [9.17, 15) is 0 Å². The van der Waals surface area contributed by atoms with Gasteiger partial charge >= 0.3 is 0 Å². The molecule has 0 bridgehead atoms. The van der Waals surface area contributed by atoms with Gasteiger partial charge < -0.3 is 19.0 Å². The molecule has 0 spiro atoms. The molecule has 3 rings (SSSR count). The molecule has 1 aliphatic heterocycles. The summed E-state index contributed by atoms with van der Waals surface area (Å²) in [5.41, 5.74) is 0. The van der Waals surface area contributed by atoms with Crippen LogP contribution in [0.5, 0.6) is 0 Å². The van der Waals surface area contributed by atoms with Crippen LogP contribution in [0.1, 0.15) is 11.9 Å². The van der Waals surface area contributed by atoms with Crippen molar-refractivity contribution in [2.75, 3.05) is 19.8 Å². The maximum atomic E-state index is 5.32. The van der Waals surface area contributed by atoms with E-state index in [1.54, 1.807) is 18.4 Å². The van der Waals surface area contributed by atoms with Gasteiger partial charge in [-0.1, -0.05) is 5.16 Å². The van der Waals surface area contributed by atoms with Crippen molar-refractivity contribution in [1.29, 1.82) is 0 Å². The molecule has 0 aliphatic carbocycles. The SMILES string of the molecule is Cl.c1coc(-c2noc(C3COCCN3)n2)c1. The molecule has 0 radical (unpaired) electrons. The highest BCUT2D eigenvalue weighted by atomic mass is 35.5. The topological polar surface area (TPSA) is 73.3 Å². The molecule has 92 valence electrons. The van der Waals surface area contributed by atoms with Gasteiger partial charge in [-0.15, -0.1) is 12.4 Å². The van der Waals surface area contributed by atoms with Crippen molar-refractivity contribution in [2.24, 2.45) is 0 Å². The minimum atomic E-state index is -0.0232. The molecule has 1 N–H and O–H groups in total. The van der Waals surface area contributed by atoms with Crippen LogP contribution in [0.4, 0.5) is 0 Å². The number of rotatable bonds is 2. The Morgan fingerprint density at radius 3 is 3.06 bits per heavy atom. The Morgan fingerprint density at radius 2 is 2.35 bits per heavy atom. The molecule has 6 nitrogen and oxygen atoms in total. The molecular formula is C10H12ClN3O3. The fraction of sp³-hybridized carbons (Fsp3) is 0.400. The number of halogens is 1. The summed E-state index contributed by atoms with van der Waals surface area (Å²) in [5.74, 6) is 1.60. The Labute approximate surface area is 104 Å². The molecule has 1 atom stereocenters. The summed E-state index contributed by atoms with van der Waals surface area (Å²) in [6, 6.07) is 3.55. The zero-order valence-electron chi connectivity index (χ0n) is 8.96. The van der Waals surface area contributed by atoms with Crippen molar-refractivity contribution in [2.45, 2.75) is 6.04 Å². The molecule has 1 aliphatic rings. The monoisotopic (exact) mass is 257 g/mol. The van der Waals surface area contributed by atoms with E-state index in [1.165, 1.54) is 0 Å². The number of nitrogens with zero attached hydrogens (tertiary/aromatic N) is 2. The lowest BCUT2D eigenvalue weighted by Crippen LogP contribution is -2.34. The van der Waals surface area contributed by atoms with Gasteiger partial charge in [0, 0.05) is 6.54 Å². The average Bonchev–Trinajstić information content (AvgIpc) is 3.01. The van der Waals surface area contributed by atoms with Crippen molar-refractivity contribution < 1.29 is 13.7 Å². The molecule has 1 fully saturated rings. The zero-order chi connectivity index (χ0) is 10.8. The third kappa shape index (κ3) is 2.49. The second-order valence-electron chi connectivity index (χ2n) is 3.52. The number of furan rings is 1. The van der Waals surface area contributed by atoms with E-state index in [2.05, 4.69) is 15.5 Å². The summed E-state index contributed by atoms with van der Waals surface area (Å²) in [5, 5.41) is 7.10. The van der Waals surface area contributed by atoms with Crippen molar-refractivity contribution in [3.05, 3.63) is 24.3 Å². The van der Waals surface area contributed by atoms with Crippen LogP contribution in [-0.4, -0.2) is 29.9 Å². The highest BCUT2D eigenvalue weighted by Crippen LogP contribution is 2.19. The second-order valence-corrected chi connectivity index (χ2v) is 3.52. The minimum absolute atomic E-state index is 0. The number of hydrogen-bond donors (Lipinski definition) is 1. The maximum Gasteiger partial charge on any atom is 0.246 e. The highest BCUT2D eigenvalue weighted by molar-refractivity contribution is 5.85. The van der Waals surface area contributed by atoms with Gasteiger partial charge in [0.25, 0.3) is 0 Å². The summed E-state index contributed by atoms with van der Waals surface area (Å²) in [7, 11) is 0. The van der Waals surface area contributed by atoms with Crippen LogP contribution in [0, 0.1) is 0 Å². The normalized spacial score (nSPS) is 19.9. The minimum Gasteiger partial charge on any atom is -0.461 e. The van der Waals surface area contributed by atoms with Gasteiger partial charge in [-0.05, 0) is 12.1 Å². The van der Waals surface area contributed by atoms with Crippen LogP contribution in [0.2, 0.25) is 0 Å². The Bertz CT molecular complexity index is 451. The van der Waals surface area contributed by atoms with Gasteiger partial charge in [0.15, 0.2) is 5.76 Å². The highest BCUT2D eigenvalue weighted by Gasteiger charge is 2.22. The van der Waals surface area contributed by atoms with Gasteiger partial charge in [-0.25, -0.2) is 0 Å². The first-order valence-electron chi connectivity index (χ1n) is 5.12. The standard InChI is InChI=1S/C10H11N3O3.ClH/c1-2-8(15-4-1)9-12-10(16-13-9)7-6-14-5-3-11-7;/h1-2,4,7,11H,3,5-6H2;1H. The van der Waals surface area contributed by atoms with Crippen LogP contribution < -0.4 is 5.32 Å². The third-order valence-electron chi connectivity index (χ3n) is 2.40. The molecule has 17 heavy (non-hydrogen) atoms. The Hall–Kier alpha value is -1.37. The number of aromatic nitrogens is 2. The van der Waals surface area contributed by atoms with Crippen LogP contribution in [0.3, 0.4) is 0 Å². The Balaban J connectivity index is 0.00000108. The van der Waals surface area contributed by atoms with Crippen LogP contribution in [0.25, 0.3) is 11.6 Å². The summed E-state index contributed by atoms with van der Waals surface area (Å²) in [4.78, 5) is 4.26. The maximum absolute atomic E-state index is 5.32. The summed E-state index contributed by atoms with van der Waals surface area (Å²) < 4.78 is 15.7. The Kier molecular flexibility index (Phi) is 3.78. The summed E-state index contributed by atoms with van der Waals surface area (Å²) in [6.07, 6.45) is 1.58. The lowest BCUT2D eigenvalue weighted by Gasteiger charge is -2.20. The van der Waals surface area contributed by atoms with E-state index in [-0.39, 0.29) is 18.4 Å². The predicted octanol–water partition coefficient (Wildman–Crippen LogP) is 1.41. The van der Waals surface area contributed by atoms with Crippen LogP contribution >= 0.6 is 12.4 Å². The lowest BCUT2D eigenvalue weighted by molar-refractivity contribution is 0.0659. The third-order valence-corrected chi connectivity index (χ3v) is 2.40. The van der Waals surface area contributed by atoms with E-state index >= 15 is 0 Å². The molecule has 3 heterocycles. The van der Waals surface area contributed by atoms with E-state index < -0.39 is 0 Å². The molecule has 2 aromatic heterocycles. The van der Waals surface area contributed by atoms with Gasteiger partial charge in [0.2, 0.25) is 11.7 Å². The fourth-order valence-electron chi connectivity index (χ4n) is 1.61. The second kappa shape index (κ2) is 5.31. The molecule has 0 aromatic carbocycles. The van der Waals surface area contributed by atoms with Crippen LogP contribution in [0.15, 0.2) is 27.3 Å². The van der Waals surface area contributed by atoms with Crippen molar-refractivity contribution in [3.63, 3.8) is 0 Å². The summed E-state index contributed by atoms with van der Waals surface area (Å²) >= 11 is 0. The molecule has 7 heteroatoms. The number of morpholine rings is 1.